The van der Waals surface area contributed by atoms with E-state index in [1.165, 1.54) is 13.1 Å². The molecule has 1 aliphatic rings. The Labute approximate surface area is 161 Å². The number of aromatic nitrogens is 2. The summed E-state index contributed by atoms with van der Waals surface area (Å²) >= 11 is 0. The third-order valence-corrected chi connectivity index (χ3v) is 5.00. The quantitative estimate of drug-likeness (QED) is 0.811. The fraction of sp³-hybridized carbons (Fsp3) is 0.526. The van der Waals surface area contributed by atoms with Gasteiger partial charge >= 0.3 is 6.18 Å². The number of alkyl halides is 3. The van der Waals surface area contributed by atoms with Crippen LogP contribution in [0.2, 0.25) is 0 Å². The second-order valence-corrected chi connectivity index (χ2v) is 7.03. The second kappa shape index (κ2) is 8.72. The van der Waals surface area contributed by atoms with Crippen molar-refractivity contribution in [1.29, 1.82) is 0 Å². The molecular formula is C19H23F3N4O2. The molecular weight excluding hydrogens is 373 g/mol. The van der Waals surface area contributed by atoms with E-state index in [-0.39, 0.29) is 5.82 Å². The van der Waals surface area contributed by atoms with Gasteiger partial charge in [0.15, 0.2) is 0 Å². The summed E-state index contributed by atoms with van der Waals surface area (Å²) < 4.78 is 44.5. The fourth-order valence-corrected chi connectivity index (χ4v) is 3.62. The molecule has 1 atom stereocenters. The molecule has 152 valence electrons. The predicted molar refractivity (Wildman–Crippen MR) is 95.5 cm³/mol. The van der Waals surface area contributed by atoms with E-state index in [0.717, 1.165) is 32.0 Å². The molecule has 1 fully saturated rings. The lowest BCUT2D eigenvalue weighted by atomic mass is 9.90. The highest BCUT2D eigenvalue weighted by atomic mass is 19.4. The van der Waals surface area contributed by atoms with Gasteiger partial charge in [-0.15, -0.1) is 0 Å². The topological polar surface area (TPSA) is 71.3 Å². The zero-order valence-electron chi connectivity index (χ0n) is 15.6. The van der Waals surface area contributed by atoms with Crippen LogP contribution in [0.5, 0.6) is 0 Å². The summed E-state index contributed by atoms with van der Waals surface area (Å²) in [5.41, 5.74) is -0.200. The zero-order valence-corrected chi connectivity index (χ0v) is 15.6. The molecule has 1 N–H and O–H groups in total. The van der Waals surface area contributed by atoms with Gasteiger partial charge in [0.1, 0.15) is 0 Å². The van der Waals surface area contributed by atoms with Crippen LogP contribution in [0.25, 0.3) is 0 Å². The first-order chi connectivity index (χ1) is 13.4. The van der Waals surface area contributed by atoms with Gasteiger partial charge < -0.3 is 9.84 Å². The van der Waals surface area contributed by atoms with Crippen molar-refractivity contribution in [2.24, 2.45) is 5.92 Å². The highest BCUT2D eigenvalue weighted by Gasteiger charge is 2.33. The number of amides is 1. The Morgan fingerprint density at radius 3 is 2.89 bits per heavy atom. The maximum absolute atomic E-state index is 13.1. The minimum absolute atomic E-state index is 0.00480. The van der Waals surface area contributed by atoms with Crippen molar-refractivity contribution in [3.8, 4) is 0 Å². The van der Waals surface area contributed by atoms with E-state index in [1.54, 1.807) is 12.1 Å². The lowest BCUT2D eigenvalue weighted by Crippen LogP contribution is -2.35. The predicted octanol–water partition coefficient (Wildman–Crippen LogP) is 3.29. The largest absolute Gasteiger partial charge is 0.416 e. The molecule has 1 aliphatic heterocycles. The second-order valence-electron chi connectivity index (χ2n) is 7.03. The van der Waals surface area contributed by atoms with Crippen LogP contribution in [0.1, 0.15) is 46.9 Å². The molecule has 2 aromatic rings. The van der Waals surface area contributed by atoms with E-state index >= 15 is 0 Å². The third-order valence-electron chi connectivity index (χ3n) is 5.00. The summed E-state index contributed by atoms with van der Waals surface area (Å²) in [4.78, 5) is 17.7. The summed E-state index contributed by atoms with van der Waals surface area (Å²) in [6.45, 7) is 2.04. The van der Waals surface area contributed by atoms with Crippen LogP contribution < -0.4 is 5.32 Å². The first-order valence-corrected chi connectivity index (χ1v) is 9.29. The van der Waals surface area contributed by atoms with Gasteiger partial charge in [0.25, 0.3) is 11.7 Å². The minimum Gasteiger partial charge on any atom is -0.352 e. The molecule has 28 heavy (non-hydrogen) atoms. The van der Waals surface area contributed by atoms with Crippen LogP contribution in [0.4, 0.5) is 13.2 Å². The van der Waals surface area contributed by atoms with Gasteiger partial charge in [-0.1, -0.05) is 23.4 Å². The van der Waals surface area contributed by atoms with Crippen LogP contribution in [0.3, 0.4) is 0 Å². The number of likely N-dealkylation sites (tertiary alicyclic amines) is 1. The number of nitrogens with one attached hydrogen (secondary N) is 1. The number of halogens is 3. The van der Waals surface area contributed by atoms with Crippen LogP contribution >= 0.6 is 0 Å². The van der Waals surface area contributed by atoms with Crippen molar-refractivity contribution in [3.63, 3.8) is 0 Å². The van der Waals surface area contributed by atoms with Gasteiger partial charge in [0.2, 0.25) is 5.89 Å². The molecule has 1 aromatic carbocycles. The molecule has 6 nitrogen and oxygen atoms in total. The number of hydrogen-bond donors (Lipinski definition) is 1. The maximum atomic E-state index is 13.1. The van der Waals surface area contributed by atoms with E-state index in [9.17, 15) is 18.0 Å². The van der Waals surface area contributed by atoms with E-state index in [1.807, 2.05) is 0 Å². The molecule has 3 rings (SSSR count). The fourth-order valence-electron chi connectivity index (χ4n) is 3.62. The van der Waals surface area contributed by atoms with Crippen molar-refractivity contribution in [1.82, 2.24) is 20.4 Å². The van der Waals surface area contributed by atoms with Crippen molar-refractivity contribution in [3.05, 3.63) is 47.1 Å². The average molecular weight is 396 g/mol. The zero-order chi connectivity index (χ0) is 20.1. The molecule has 9 heteroatoms. The van der Waals surface area contributed by atoms with E-state index in [0.29, 0.717) is 36.8 Å². The molecule has 0 aliphatic carbocycles. The van der Waals surface area contributed by atoms with Crippen molar-refractivity contribution >= 4 is 5.91 Å². The average Bonchev–Trinajstić information content (AvgIpc) is 3.14. The minimum atomic E-state index is -4.32. The Morgan fingerprint density at radius 2 is 2.14 bits per heavy atom. The Bertz CT molecular complexity index is 806. The molecule has 0 spiro atoms. The third kappa shape index (κ3) is 5.09. The summed E-state index contributed by atoms with van der Waals surface area (Å²) in [7, 11) is 1.49. The number of rotatable bonds is 6. The smallest absolute Gasteiger partial charge is 0.352 e. The Hall–Kier alpha value is -2.42. The number of carbonyl (C=O) groups excluding carboxylic acids is 1. The maximum Gasteiger partial charge on any atom is 0.416 e. The lowest BCUT2D eigenvalue weighted by molar-refractivity contribution is -0.138. The van der Waals surface area contributed by atoms with E-state index in [2.05, 4.69) is 20.4 Å². The standard InChI is InChI=1S/C19H23F3N4O2/c1-23-18(27)17-24-16(28-25-17)12-26-10-4-5-13(11-26)8-9-14-6-2-3-7-15(14)19(20,21)22/h2-3,6-7,13H,4-5,8-12H2,1H3,(H,23,27). The summed E-state index contributed by atoms with van der Waals surface area (Å²) in [5, 5.41) is 6.08. The highest BCUT2D eigenvalue weighted by molar-refractivity contribution is 5.89. The molecule has 0 bridgehead atoms. The van der Waals surface area contributed by atoms with Gasteiger partial charge in [0, 0.05) is 13.6 Å². The summed E-state index contributed by atoms with van der Waals surface area (Å²) in [6.07, 6.45) is -1.29. The molecule has 1 aromatic heterocycles. The Balaban J connectivity index is 1.56. The van der Waals surface area contributed by atoms with Crippen LogP contribution in [-0.2, 0) is 19.1 Å². The Morgan fingerprint density at radius 1 is 1.36 bits per heavy atom. The number of aryl methyl sites for hydroxylation is 1. The number of nitrogens with zero attached hydrogens (tertiary/aromatic N) is 3. The van der Waals surface area contributed by atoms with Gasteiger partial charge in [0.05, 0.1) is 12.1 Å². The number of benzene rings is 1. The van der Waals surface area contributed by atoms with Crippen molar-refractivity contribution in [2.45, 2.75) is 38.4 Å². The summed E-state index contributed by atoms with van der Waals surface area (Å²) in [5.74, 6) is 0.253. The molecule has 1 unspecified atom stereocenters. The molecule has 0 radical (unpaired) electrons. The number of carbonyl (C=O) groups is 1. The summed E-state index contributed by atoms with van der Waals surface area (Å²) in [6, 6.07) is 5.77. The van der Waals surface area contributed by atoms with Gasteiger partial charge in [-0.05, 0) is 49.8 Å². The Kier molecular flexibility index (Phi) is 6.33. The number of piperidine rings is 1. The van der Waals surface area contributed by atoms with Crippen molar-refractivity contribution in [2.75, 3.05) is 20.1 Å². The molecule has 0 saturated carbocycles. The number of hydrogen-bond acceptors (Lipinski definition) is 5. The van der Waals surface area contributed by atoms with Crippen LogP contribution in [0, 0.1) is 5.92 Å². The van der Waals surface area contributed by atoms with Crippen molar-refractivity contribution < 1.29 is 22.5 Å². The normalized spacial score (nSPS) is 18.2. The van der Waals surface area contributed by atoms with E-state index < -0.39 is 17.6 Å². The monoisotopic (exact) mass is 396 g/mol. The molecule has 1 saturated heterocycles. The first-order valence-electron chi connectivity index (χ1n) is 9.29. The lowest BCUT2D eigenvalue weighted by Gasteiger charge is -2.31. The molecule has 2 heterocycles. The van der Waals surface area contributed by atoms with E-state index in [4.69, 9.17) is 4.52 Å². The van der Waals surface area contributed by atoms with Crippen LogP contribution in [0.15, 0.2) is 28.8 Å². The SMILES string of the molecule is CNC(=O)c1noc(CN2CCCC(CCc3ccccc3C(F)(F)F)C2)n1. The van der Waals surface area contributed by atoms with Crippen LogP contribution in [-0.4, -0.2) is 41.1 Å². The first kappa shape index (κ1) is 20.3. The highest BCUT2D eigenvalue weighted by Crippen LogP contribution is 2.33. The van der Waals surface area contributed by atoms with Gasteiger partial charge in [-0.2, -0.15) is 18.2 Å². The van der Waals surface area contributed by atoms with Gasteiger partial charge in [-0.3, -0.25) is 9.69 Å². The van der Waals surface area contributed by atoms with Gasteiger partial charge in [-0.25, -0.2) is 0 Å². The molecule has 1 amide bonds.